The van der Waals surface area contributed by atoms with Crippen LogP contribution in [0.15, 0.2) is 47.4 Å². The molecule has 0 aromatic heterocycles. The molecule has 1 fully saturated rings. The lowest BCUT2D eigenvalue weighted by molar-refractivity contribution is -0.151. The lowest BCUT2D eigenvalue weighted by Gasteiger charge is -2.26. The van der Waals surface area contributed by atoms with Gasteiger partial charge in [-0.2, -0.15) is 4.31 Å². The number of carbonyl (C=O) groups excluding carboxylic acids is 3. The highest BCUT2D eigenvalue weighted by Crippen LogP contribution is 2.27. The fourth-order valence-electron chi connectivity index (χ4n) is 3.96. The Balaban J connectivity index is 1.78. The molecule has 0 spiro atoms. The number of halogens is 2. The average molecular weight is 568 g/mol. The molecule has 1 heterocycles. The summed E-state index contributed by atoms with van der Waals surface area (Å²) in [6.45, 7) is 3.29. The Morgan fingerprint density at radius 3 is 2.33 bits per heavy atom. The monoisotopic (exact) mass is 567 g/mol. The Hall–Kier alpha value is -3.58. The number of nitrogens with one attached hydrogen (secondary N) is 1. The second-order valence-corrected chi connectivity index (χ2v) is 11.4. The molecule has 0 aliphatic carbocycles. The third kappa shape index (κ3) is 7.51. The summed E-state index contributed by atoms with van der Waals surface area (Å²) in [5.74, 6) is -3.67. The van der Waals surface area contributed by atoms with Crippen LogP contribution in [0.25, 0.3) is 0 Å². The lowest BCUT2D eigenvalue weighted by Crippen LogP contribution is -2.52. The zero-order chi connectivity index (χ0) is 28.9. The first-order valence-corrected chi connectivity index (χ1v) is 13.7. The summed E-state index contributed by atoms with van der Waals surface area (Å²) < 4.78 is 64.8. The van der Waals surface area contributed by atoms with Gasteiger partial charge in [0.1, 0.15) is 17.8 Å². The molecule has 0 saturated carbocycles. The predicted octanol–water partition coefficient (Wildman–Crippen LogP) is 2.86. The van der Waals surface area contributed by atoms with Gasteiger partial charge in [-0.05, 0) is 62.6 Å². The average Bonchev–Trinajstić information content (AvgIpc) is 3.37. The summed E-state index contributed by atoms with van der Waals surface area (Å²) in [7, 11) is -1.24. The van der Waals surface area contributed by atoms with Crippen molar-refractivity contribution in [1.82, 2.24) is 14.5 Å². The predicted molar refractivity (Wildman–Crippen MR) is 136 cm³/mol. The second kappa shape index (κ2) is 12.5. The molecule has 10 nitrogen and oxygen atoms in total. The lowest BCUT2D eigenvalue weighted by atomic mass is 10.0. The van der Waals surface area contributed by atoms with E-state index in [0.29, 0.717) is 24.1 Å². The normalized spacial score (nSPS) is 16.5. The molecule has 1 aliphatic rings. The number of ether oxygens (including phenoxy) is 2. The van der Waals surface area contributed by atoms with Crippen LogP contribution < -0.4 is 10.1 Å². The van der Waals surface area contributed by atoms with Gasteiger partial charge >= 0.3 is 12.1 Å². The molecule has 1 N–H and O–H groups in total. The van der Waals surface area contributed by atoms with Crippen molar-refractivity contribution in [2.45, 2.75) is 56.2 Å². The summed E-state index contributed by atoms with van der Waals surface area (Å²) in [4.78, 5) is 38.6. The Kier molecular flexibility index (Phi) is 9.62. The maximum Gasteiger partial charge on any atom is 0.414 e. The van der Waals surface area contributed by atoms with Crippen molar-refractivity contribution in [3.63, 3.8) is 0 Å². The van der Waals surface area contributed by atoms with Gasteiger partial charge in [0.05, 0.1) is 11.0 Å². The van der Waals surface area contributed by atoms with E-state index in [1.165, 1.54) is 17.0 Å². The van der Waals surface area contributed by atoms with E-state index in [9.17, 15) is 31.6 Å². The first-order valence-electron chi connectivity index (χ1n) is 12.3. The number of hydrogen-bond acceptors (Lipinski definition) is 7. The molecule has 0 unspecified atom stereocenters. The highest BCUT2D eigenvalue weighted by Gasteiger charge is 2.41. The second-order valence-electron chi connectivity index (χ2n) is 9.51. The Bertz CT molecular complexity index is 1320. The molecule has 0 bridgehead atoms. The van der Waals surface area contributed by atoms with Crippen molar-refractivity contribution < 1.29 is 41.1 Å². The van der Waals surface area contributed by atoms with Crippen molar-refractivity contribution in [2.24, 2.45) is 0 Å². The van der Waals surface area contributed by atoms with Crippen LogP contribution in [0.5, 0.6) is 5.75 Å². The van der Waals surface area contributed by atoms with Crippen molar-refractivity contribution in [3.05, 3.63) is 59.7 Å². The number of hydrogen-bond donors (Lipinski definition) is 1. The van der Waals surface area contributed by atoms with Gasteiger partial charge in [-0.1, -0.05) is 12.1 Å². The van der Waals surface area contributed by atoms with E-state index >= 15 is 0 Å². The molecule has 2 amide bonds. The number of nitrogens with zero attached hydrogens (tertiary/aromatic N) is 2. The third-order valence-corrected chi connectivity index (χ3v) is 7.79. The van der Waals surface area contributed by atoms with Gasteiger partial charge in [0.25, 0.3) is 0 Å². The Morgan fingerprint density at radius 2 is 1.74 bits per heavy atom. The molecule has 2 atom stereocenters. The molecule has 3 rings (SSSR count). The minimum absolute atomic E-state index is 0.00630. The first-order chi connectivity index (χ1) is 18.3. The number of sulfonamides is 1. The standard InChI is InChI=1S/C26H31F2N3O7S/c1-16(2)37-25(33)22(14-17-7-9-18(10-8-17)38-26(34)30(3)4)29-24(32)23-6-5-13-31(23)39(35,36)19-11-12-20(27)21(28)15-19/h7-12,15-16,22-23H,5-6,13-14H2,1-4H3,(H,29,32)/t22-,23-/m0/s1. The Morgan fingerprint density at radius 1 is 1.08 bits per heavy atom. The molecule has 1 saturated heterocycles. The van der Waals surface area contributed by atoms with Gasteiger partial charge in [0.15, 0.2) is 11.6 Å². The van der Waals surface area contributed by atoms with Gasteiger partial charge in [0.2, 0.25) is 15.9 Å². The molecule has 2 aromatic rings. The number of carbonyl (C=O) groups is 3. The number of amides is 2. The summed E-state index contributed by atoms with van der Waals surface area (Å²) in [6.07, 6.45) is -0.488. The quantitative estimate of drug-likeness (QED) is 0.463. The van der Waals surface area contributed by atoms with Crippen molar-refractivity contribution in [3.8, 4) is 5.75 Å². The van der Waals surface area contributed by atoms with E-state index in [0.717, 1.165) is 10.4 Å². The van der Waals surface area contributed by atoms with Crippen LogP contribution in [-0.4, -0.2) is 74.4 Å². The van der Waals surface area contributed by atoms with E-state index in [1.807, 2.05) is 0 Å². The van der Waals surface area contributed by atoms with Crippen LogP contribution in [0, 0.1) is 11.6 Å². The summed E-state index contributed by atoms with van der Waals surface area (Å²) in [5, 5.41) is 2.60. The van der Waals surface area contributed by atoms with Gasteiger partial charge in [-0.15, -0.1) is 0 Å². The highest BCUT2D eigenvalue weighted by molar-refractivity contribution is 7.89. The summed E-state index contributed by atoms with van der Waals surface area (Å²) >= 11 is 0. The summed E-state index contributed by atoms with van der Waals surface area (Å²) in [5.41, 5.74) is 0.614. The molecular weight excluding hydrogens is 536 g/mol. The van der Waals surface area contributed by atoms with Crippen LogP contribution in [0.1, 0.15) is 32.3 Å². The largest absolute Gasteiger partial charge is 0.461 e. The highest BCUT2D eigenvalue weighted by atomic mass is 32.2. The van der Waals surface area contributed by atoms with Crippen LogP contribution in [0.3, 0.4) is 0 Å². The van der Waals surface area contributed by atoms with E-state index < -0.39 is 62.7 Å². The maximum atomic E-state index is 13.7. The number of esters is 1. The van der Waals surface area contributed by atoms with E-state index in [4.69, 9.17) is 9.47 Å². The molecule has 1 aliphatic heterocycles. The van der Waals surface area contributed by atoms with Crippen molar-refractivity contribution in [2.75, 3.05) is 20.6 Å². The molecule has 2 aromatic carbocycles. The van der Waals surface area contributed by atoms with Crippen molar-refractivity contribution >= 4 is 28.0 Å². The van der Waals surface area contributed by atoms with Crippen molar-refractivity contribution in [1.29, 1.82) is 0 Å². The number of benzene rings is 2. The fraction of sp³-hybridized carbons (Fsp3) is 0.423. The van der Waals surface area contributed by atoms with Gasteiger partial charge in [-0.25, -0.2) is 26.8 Å². The first kappa shape index (κ1) is 30.0. The summed E-state index contributed by atoms with van der Waals surface area (Å²) in [6, 6.07) is 6.22. The maximum absolute atomic E-state index is 13.7. The van der Waals surface area contributed by atoms with Crippen LogP contribution >= 0.6 is 0 Å². The van der Waals surface area contributed by atoms with Gasteiger partial charge in [0, 0.05) is 27.1 Å². The van der Waals surface area contributed by atoms with Gasteiger partial charge < -0.3 is 19.7 Å². The number of rotatable bonds is 9. The topological polar surface area (TPSA) is 122 Å². The molecular formula is C26H31F2N3O7S. The molecule has 13 heteroatoms. The fourth-order valence-corrected chi connectivity index (χ4v) is 5.63. The third-order valence-electron chi connectivity index (χ3n) is 5.89. The van der Waals surface area contributed by atoms with Crippen LogP contribution in [-0.2, 0) is 30.8 Å². The van der Waals surface area contributed by atoms with Gasteiger partial charge in [-0.3, -0.25) is 4.79 Å². The van der Waals surface area contributed by atoms with Crippen LogP contribution in [0.4, 0.5) is 13.6 Å². The zero-order valence-corrected chi connectivity index (χ0v) is 22.8. The van der Waals surface area contributed by atoms with E-state index in [1.54, 1.807) is 40.1 Å². The molecule has 0 radical (unpaired) electrons. The SMILES string of the molecule is CC(C)OC(=O)[C@H](Cc1ccc(OC(=O)N(C)C)cc1)NC(=O)[C@@H]1CCCN1S(=O)(=O)c1ccc(F)c(F)c1. The zero-order valence-electron chi connectivity index (χ0n) is 22.0. The minimum Gasteiger partial charge on any atom is -0.461 e. The van der Waals surface area contributed by atoms with E-state index in [-0.39, 0.29) is 25.1 Å². The molecule has 212 valence electrons. The van der Waals surface area contributed by atoms with E-state index in [2.05, 4.69) is 5.32 Å². The Labute approximate surface area is 225 Å². The molecule has 39 heavy (non-hydrogen) atoms. The minimum atomic E-state index is -4.32. The van der Waals surface area contributed by atoms with Crippen LogP contribution in [0.2, 0.25) is 0 Å². The smallest absolute Gasteiger partial charge is 0.414 e.